The van der Waals surface area contributed by atoms with Gasteiger partial charge >= 0.3 is 0 Å². The number of nitrogens with zero attached hydrogens (tertiary/aromatic N) is 1. The van der Waals surface area contributed by atoms with Crippen molar-refractivity contribution < 1.29 is 9.59 Å². The largest absolute Gasteiger partial charge is 0.340 e. The summed E-state index contributed by atoms with van der Waals surface area (Å²) >= 11 is 0. The summed E-state index contributed by atoms with van der Waals surface area (Å²) in [5, 5.41) is 3.02. The average Bonchev–Trinajstić information content (AvgIpc) is 3.21. The molecule has 0 aromatic rings. The maximum atomic E-state index is 13.0. The molecule has 2 fully saturated rings. The molecule has 0 aromatic carbocycles. The molecule has 0 radical (unpaired) electrons. The molecule has 2 amide bonds. The number of carbonyl (C=O) groups excluding carboxylic acids is 2. The fourth-order valence-corrected chi connectivity index (χ4v) is 3.15. The summed E-state index contributed by atoms with van der Waals surface area (Å²) in [5.41, 5.74) is -1.39. The van der Waals surface area contributed by atoms with E-state index in [0.29, 0.717) is 12.3 Å². The van der Waals surface area contributed by atoms with E-state index < -0.39 is 11.1 Å². The quantitative estimate of drug-likeness (QED) is 0.847. The fraction of sp³-hybridized carbons (Fsp3) is 0.867. The highest BCUT2D eigenvalue weighted by Crippen LogP contribution is 2.44. The smallest absolute Gasteiger partial charge is 0.249 e. The Morgan fingerprint density at radius 1 is 1.32 bits per heavy atom. The van der Waals surface area contributed by atoms with Crippen LogP contribution in [-0.4, -0.2) is 33.8 Å². The van der Waals surface area contributed by atoms with Crippen molar-refractivity contribution in [2.24, 2.45) is 5.92 Å². The molecule has 1 saturated heterocycles. The Kier molecular flexibility index (Phi) is 3.40. The Labute approximate surface area is 115 Å². The molecule has 1 saturated carbocycles. The average molecular weight is 266 g/mol. The molecule has 3 unspecified atom stereocenters. The van der Waals surface area contributed by atoms with E-state index in [4.69, 9.17) is 0 Å². The number of hydrogen-bond donors (Lipinski definition) is 1. The summed E-state index contributed by atoms with van der Waals surface area (Å²) < 4.78 is 0. The molecule has 0 bridgehead atoms. The Balaban J connectivity index is 2.42. The highest BCUT2D eigenvalue weighted by atomic mass is 16.2. The summed E-state index contributed by atoms with van der Waals surface area (Å²) in [5.74, 6) is 0.425. The van der Waals surface area contributed by atoms with Crippen LogP contribution in [0.4, 0.5) is 0 Å². The fourth-order valence-electron chi connectivity index (χ4n) is 3.15. The van der Waals surface area contributed by atoms with Crippen molar-refractivity contribution >= 4 is 11.8 Å². The van der Waals surface area contributed by atoms with Crippen LogP contribution < -0.4 is 5.32 Å². The van der Waals surface area contributed by atoms with Crippen molar-refractivity contribution in [1.29, 1.82) is 0 Å². The lowest BCUT2D eigenvalue weighted by Gasteiger charge is -2.52. The van der Waals surface area contributed by atoms with Crippen molar-refractivity contribution in [1.82, 2.24) is 10.2 Å². The van der Waals surface area contributed by atoms with Gasteiger partial charge in [0.15, 0.2) is 0 Å². The zero-order valence-electron chi connectivity index (χ0n) is 12.7. The van der Waals surface area contributed by atoms with Gasteiger partial charge in [-0.25, -0.2) is 0 Å². The van der Waals surface area contributed by atoms with Crippen LogP contribution in [0.25, 0.3) is 0 Å². The van der Waals surface area contributed by atoms with Gasteiger partial charge in [0.2, 0.25) is 11.8 Å². The zero-order valence-corrected chi connectivity index (χ0v) is 12.7. The van der Waals surface area contributed by atoms with Crippen LogP contribution >= 0.6 is 0 Å². The molecule has 0 aromatic heterocycles. The van der Waals surface area contributed by atoms with E-state index in [0.717, 1.165) is 19.3 Å². The van der Waals surface area contributed by atoms with Crippen LogP contribution in [0, 0.1) is 5.92 Å². The normalized spacial score (nSPS) is 37.2. The van der Waals surface area contributed by atoms with Gasteiger partial charge in [-0.15, -0.1) is 0 Å². The van der Waals surface area contributed by atoms with E-state index in [1.807, 2.05) is 32.6 Å². The first-order valence-electron chi connectivity index (χ1n) is 7.47. The van der Waals surface area contributed by atoms with Crippen molar-refractivity contribution in [3.05, 3.63) is 0 Å². The van der Waals surface area contributed by atoms with Gasteiger partial charge in [-0.2, -0.15) is 0 Å². The second-order valence-corrected chi connectivity index (χ2v) is 6.49. The Bertz CT molecular complexity index is 405. The lowest BCUT2D eigenvalue weighted by Crippen LogP contribution is -2.76. The molecule has 19 heavy (non-hydrogen) atoms. The summed E-state index contributed by atoms with van der Waals surface area (Å²) in [7, 11) is 0. The van der Waals surface area contributed by atoms with Gasteiger partial charge in [0, 0.05) is 6.04 Å². The molecule has 4 nitrogen and oxygen atoms in total. The number of piperazine rings is 1. The summed E-state index contributed by atoms with van der Waals surface area (Å²) in [6.45, 7) is 9.86. The SMILES string of the molecule is CCC(C)N1C(=O)C(C)(C2CC2)NC(=O)C1(C)CC. The number of hydrogen-bond acceptors (Lipinski definition) is 2. The van der Waals surface area contributed by atoms with E-state index in [1.165, 1.54) is 0 Å². The van der Waals surface area contributed by atoms with Gasteiger partial charge in [-0.1, -0.05) is 13.8 Å². The maximum absolute atomic E-state index is 13.0. The number of amides is 2. The van der Waals surface area contributed by atoms with Gasteiger partial charge in [-0.05, 0) is 52.4 Å². The van der Waals surface area contributed by atoms with Crippen molar-refractivity contribution in [3.63, 3.8) is 0 Å². The van der Waals surface area contributed by atoms with Gasteiger partial charge in [0.1, 0.15) is 11.1 Å². The standard InChI is InChI=1S/C15H26N2O2/c1-6-10(3)17-13(19)15(5,11-8-9-11)16-12(18)14(17,4)7-2/h10-11H,6-9H2,1-5H3,(H,16,18). The molecule has 1 heterocycles. The number of carbonyl (C=O) groups is 2. The minimum Gasteiger partial charge on any atom is -0.340 e. The highest BCUT2D eigenvalue weighted by molar-refractivity contribution is 6.02. The monoisotopic (exact) mass is 266 g/mol. The predicted molar refractivity (Wildman–Crippen MR) is 74.6 cm³/mol. The van der Waals surface area contributed by atoms with Crippen molar-refractivity contribution in [2.75, 3.05) is 0 Å². The van der Waals surface area contributed by atoms with E-state index in [-0.39, 0.29) is 17.9 Å². The number of rotatable bonds is 4. The van der Waals surface area contributed by atoms with Crippen molar-refractivity contribution in [2.45, 2.75) is 77.4 Å². The molecule has 0 spiro atoms. The molecule has 1 aliphatic carbocycles. The molecular weight excluding hydrogens is 240 g/mol. The van der Waals surface area contributed by atoms with Gasteiger partial charge in [0.05, 0.1) is 0 Å². The summed E-state index contributed by atoms with van der Waals surface area (Å²) in [4.78, 5) is 27.4. The third kappa shape index (κ3) is 1.96. The minimum absolute atomic E-state index is 0.00398. The van der Waals surface area contributed by atoms with Gasteiger partial charge in [-0.3, -0.25) is 9.59 Å². The van der Waals surface area contributed by atoms with Crippen LogP contribution in [0.3, 0.4) is 0 Å². The third-order valence-electron chi connectivity index (χ3n) is 5.17. The molecule has 1 aliphatic heterocycles. The first kappa shape index (κ1) is 14.4. The Morgan fingerprint density at radius 2 is 1.89 bits per heavy atom. The Morgan fingerprint density at radius 3 is 2.32 bits per heavy atom. The summed E-state index contributed by atoms with van der Waals surface area (Å²) in [6.07, 6.45) is 3.60. The van der Waals surface area contributed by atoms with Crippen LogP contribution in [-0.2, 0) is 9.59 Å². The van der Waals surface area contributed by atoms with E-state index in [2.05, 4.69) is 12.2 Å². The summed E-state index contributed by atoms with van der Waals surface area (Å²) in [6, 6.07) is 0.0987. The second-order valence-electron chi connectivity index (χ2n) is 6.49. The molecular formula is C15H26N2O2. The molecule has 2 aliphatic rings. The van der Waals surface area contributed by atoms with Crippen LogP contribution in [0.5, 0.6) is 0 Å². The second kappa shape index (κ2) is 4.50. The van der Waals surface area contributed by atoms with E-state index in [1.54, 1.807) is 0 Å². The topological polar surface area (TPSA) is 49.4 Å². The Hall–Kier alpha value is -1.06. The van der Waals surface area contributed by atoms with Crippen LogP contribution in [0.15, 0.2) is 0 Å². The molecule has 4 heteroatoms. The lowest BCUT2D eigenvalue weighted by atomic mass is 9.81. The van der Waals surface area contributed by atoms with Crippen LogP contribution in [0.1, 0.15) is 60.3 Å². The van der Waals surface area contributed by atoms with E-state index in [9.17, 15) is 9.59 Å². The van der Waals surface area contributed by atoms with Crippen LogP contribution in [0.2, 0.25) is 0 Å². The van der Waals surface area contributed by atoms with Crippen molar-refractivity contribution in [3.8, 4) is 0 Å². The predicted octanol–water partition coefficient (Wildman–Crippen LogP) is 2.08. The van der Waals surface area contributed by atoms with Gasteiger partial charge in [0.25, 0.3) is 0 Å². The molecule has 1 N–H and O–H groups in total. The third-order valence-corrected chi connectivity index (χ3v) is 5.17. The lowest BCUT2D eigenvalue weighted by molar-refractivity contribution is -0.166. The highest BCUT2D eigenvalue weighted by Gasteiger charge is 2.59. The number of nitrogens with one attached hydrogen (secondary N) is 1. The maximum Gasteiger partial charge on any atom is 0.249 e. The van der Waals surface area contributed by atoms with E-state index >= 15 is 0 Å². The zero-order chi connectivity index (χ0) is 14.4. The molecule has 2 rings (SSSR count). The molecule has 108 valence electrons. The first-order valence-corrected chi connectivity index (χ1v) is 7.47. The van der Waals surface area contributed by atoms with Gasteiger partial charge < -0.3 is 10.2 Å². The minimum atomic E-state index is -0.707. The molecule has 3 atom stereocenters. The first-order chi connectivity index (χ1) is 8.81.